The Morgan fingerprint density at radius 3 is 2.36 bits per heavy atom. The van der Waals surface area contributed by atoms with Gasteiger partial charge in [0.1, 0.15) is 18.7 Å². The monoisotopic (exact) mass is 641 g/mol. The van der Waals surface area contributed by atoms with E-state index in [0.717, 1.165) is 60.7 Å². The molecule has 2 N–H and O–H groups in total. The van der Waals surface area contributed by atoms with Crippen LogP contribution in [0.1, 0.15) is 43.2 Å². The third kappa shape index (κ3) is 9.40. The summed E-state index contributed by atoms with van der Waals surface area (Å²) in [5.74, 6) is -0.727. The second-order valence-electron chi connectivity index (χ2n) is 13.2. The Morgan fingerprint density at radius 2 is 1.64 bits per heavy atom. The van der Waals surface area contributed by atoms with E-state index in [1.54, 1.807) is 19.0 Å². The van der Waals surface area contributed by atoms with Gasteiger partial charge < -0.3 is 30.1 Å². The summed E-state index contributed by atoms with van der Waals surface area (Å²) < 4.78 is 5.81. The minimum absolute atomic E-state index is 0.108. The quantitative estimate of drug-likeness (QED) is 0.263. The highest BCUT2D eigenvalue weighted by atomic mass is 16.5. The first-order chi connectivity index (χ1) is 22.8. The number of benzene rings is 3. The predicted molar refractivity (Wildman–Crippen MR) is 186 cm³/mol. The number of nitrogens with zero attached hydrogens (tertiary/aromatic N) is 3. The fourth-order valence-corrected chi connectivity index (χ4v) is 6.90. The first-order valence-electron chi connectivity index (χ1n) is 17.1. The molecule has 252 valence electrons. The van der Waals surface area contributed by atoms with Crippen molar-refractivity contribution in [1.82, 2.24) is 25.3 Å². The molecule has 0 saturated carbocycles. The van der Waals surface area contributed by atoms with Crippen LogP contribution in [0.2, 0.25) is 0 Å². The third-order valence-corrected chi connectivity index (χ3v) is 9.93. The van der Waals surface area contributed by atoms with Crippen molar-refractivity contribution in [2.75, 3.05) is 54.0 Å². The van der Waals surface area contributed by atoms with Crippen LogP contribution in [0.4, 0.5) is 0 Å². The topological polar surface area (TPSA) is 94.2 Å². The van der Waals surface area contributed by atoms with Gasteiger partial charge >= 0.3 is 0 Å². The van der Waals surface area contributed by atoms with Crippen molar-refractivity contribution in [3.63, 3.8) is 0 Å². The van der Waals surface area contributed by atoms with E-state index in [2.05, 4.69) is 34.7 Å². The first kappa shape index (κ1) is 34.5. The Morgan fingerprint density at radius 1 is 0.894 bits per heavy atom. The van der Waals surface area contributed by atoms with Crippen LogP contribution in [-0.2, 0) is 32.0 Å². The average Bonchev–Trinajstić information content (AvgIpc) is 3.77. The second kappa shape index (κ2) is 16.9. The third-order valence-electron chi connectivity index (χ3n) is 9.93. The Bertz CT molecular complexity index is 1480. The number of carbonyl (C=O) groups excluding carboxylic acids is 3. The molecule has 5 rings (SSSR count). The first-order valence-corrected chi connectivity index (χ1v) is 17.1. The summed E-state index contributed by atoms with van der Waals surface area (Å²) in [6.07, 6.45) is 6.00. The van der Waals surface area contributed by atoms with Gasteiger partial charge in [-0.1, -0.05) is 72.8 Å². The van der Waals surface area contributed by atoms with Crippen LogP contribution < -0.4 is 10.6 Å². The molecule has 3 amide bonds. The standard InChI is InChI=1S/C38H51N5O4/c1-41-22-10-16-33(41)19-21-40-37(45)34(24-28-11-5-4-6-12-28)43(3)38(46)35(25-29-17-18-30-13-7-8-14-31(30)23-29)42(2)36(44)27-47-26-32-15-9-20-39-32/h4-8,11-14,17-18,23,32-35,39H,9-10,15-16,19-22,24-27H2,1-3H3,(H,40,45)/t32-,33?,34+,35+/m0/s1. The lowest BCUT2D eigenvalue weighted by Gasteiger charge is -2.35. The summed E-state index contributed by atoms with van der Waals surface area (Å²) in [6.45, 7) is 2.95. The molecule has 0 radical (unpaired) electrons. The van der Waals surface area contributed by atoms with E-state index in [1.807, 2.05) is 60.7 Å². The van der Waals surface area contributed by atoms with Crippen molar-refractivity contribution in [3.8, 4) is 0 Å². The van der Waals surface area contributed by atoms with E-state index < -0.39 is 12.1 Å². The zero-order chi connectivity index (χ0) is 33.2. The predicted octanol–water partition coefficient (Wildman–Crippen LogP) is 3.65. The maximum absolute atomic E-state index is 14.5. The van der Waals surface area contributed by atoms with Crippen molar-refractivity contribution in [2.45, 2.75) is 69.1 Å². The van der Waals surface area contributed by atoms with Crippen LogP contribution in [0.25, 0.3) is 10.8 Å². The number of rotatable bonds is 15. The zero-order valence-electron chi connectivity index (χ0n) is 28.2. The summed E-state index contributed by atoms with van der Waals surface area (Å²) in [4.78, 5) is 47.2. The number of hydrogen-bond donors (Lipinski definition) is 2. The van der Waals surface area contributed by atoms with Crippen LogP contribution in [0.3, 0.4) is 0 Å². The molecule has 4 atom stereocenters. The minimum Gasteiger partial charge on any atom is -0.370 e. The van der Waals surface area contributed by atoms with Crippen LogP contribution in [0, 0.1) is 0 Å². The molecule has 2 fully saturated rings. The maximum atomic E-state index is 14.5. The number of likely N-dealkylation sites (tertiary alicyclic amines) is 1. The molecular weight excluding hydrogens is 590 g/mol. The molecule has 2 aliphatic heterocycles. The second-order valence-corrected chi connectivity index (χ2v) is 13.2. The Labute approximate surface area is 279 Å². The van der Waals surface area contributed by atoms with Crippen LogP contribution in [0.5, 0.6) is 0 Å². The summed E-state index contributed by atoms with van der Waals surface area (Å²) in [5.41, 5.74) is 1.91. The average molecular weight is 642 g/mol. The molecular formula is C38H51N5O4. The Kier molecular flexibility index (Phi) is 12.4. The number of hydrogen-bond acceptors (Lipinski definition) is 6. The van der Waals surface area contributed by atoms with E-state index >= 15 is 0 Å². The van der Waals surface area contributed by atoms with Gasteiger partial charge in [0.05, 0.1) is 6.61 Å². The van der Waals surface area contributed by atoms with Crippen molar-refractivity contribution in [3.05, 3.63) is 83.9 Å². The normalized spacial score (nSPS) is 19.4. The van der Waals surface area contributed by atoms with Gasteiger partial charge in [0.2, 0.25) is 17.7 Å². The van der Waals surface area contributed by atoms with Gasteiger partial charge in [0.25, 0.3) is 0 Å². The van der Waals surface area contributed by atoms with E-state index in [1.165, 1.54) is 11.3 Å². The minimum atomic E-state index is -0.819. The van der Waals surface area contributed by atoms with E-state index in [4.69, 9.17) is 4.74 Å². The number of nitrogens with one attached hydrogen (secondary N) is 2. The SMILES string of the molecule is CN1CCCC1CCNC(=O)[C@@H](Cc1ccccc1)N(C)C(=O)[C@@H](Cc1ccc2ccccc2c1)N(C)C(=O)COC[C@@H]1CCCN1. The highest BCUT2D eigenvalue weighted by Crippen LogP contribution is 2.21. The Hall–Kier alpha value is -3.79. The van der Waals surface area contributed by atoms with Gasteiger partial charge in [-0.3, -0.25) is 14.4 Å². The molecule has 1 unspecified atom stereocenters. The number of amides is 3. The van der Waals surface area contributed by atoms with E-state index in [-0.39, 0.29) is 30.4 Å². The fourth-order valence-electron chi connectivity index (χ4n) is 6.90. The smallest absolute Gasteiger partial charge is 0.249 e. The van der Waals surface area contributed by atoms with Gasteiger partial charge in [-0.2, -0.15) is 0 Å². The molecule has 0 aliphatic carbocycles. The highest BCUT2D eigenvalue weighted by molar-refractivity contribution is 5.92. The maximum Gasteiger partial charge on any atom is 0.249 e. The molecule has 2 heterocycles. The largest absolute Gasteiger partial charge is 0.370 e. The summed E-state index contributed by atoms with van der Waals surface area (Å²) in [6, 6.07) is 23.2. The van der Waals surface area contributed by atoms with Gasteiger partial charge in [-0.15, -0.1) is 0 Å². The lowest BCUT2D eigenvalue weighted by molar-refractivity contribution is -0.149. The molecule has 47 heavy (non-hydrogen) atoms. The molecule has 2 aliphatic rings. The van der Waals surface area contributed by atoms with Crippen LogP contribution >= 0.6 is 0 Å². The van der Waals surface area contributed by atoms with Crippen molar-refractivity contribution in [2.24, 2.45) is 0 Å². The van der Waals surface area contributed by atoms with Crippen molar-refractivity contribution < 1.29 is 19.1 Å². The van der Waals surface area contributed by atoms with Crippen LogP contribution in [0.15, 0.2) is 72.8 Å². The molecule has 9 heteroatoms. The van der Waals surface area contributed by atoms with E-state index in [9.17, 15) is 14.4 Å². The molecule has 9 nitrogen and oxygen atoms in total. The summed E-state index contributed by atoms with van der Waals surface area (Å²) >= 11 is 0. The van der Waals surface area contributed by atoms with E-state index in [0.29, 0.717) is 32.0 Å². The Balaban J connectivity index is 1.34. The number of likely N-dealkylation sites (N-methyl/N-ethyl adjacent to an activating group) is 2. The highest BCUT2D eigenvalue weighted by Gasteiger charge is 2.35. The van der Waals surface area contributed by atoms with Crippen molar-refractivity contribution in [1.29, 1.82) is 0 Å². The summed E-state index contributed by atoms with van der Waals surface area (Å²) in [5, 5.41) is 8.70. The molecule has 3 aromatic carbocycles. The van der Waals surface area contributed by atoms with Crippen molar-refractivity contribution >= 4 is 28.5 Å². The van der Waals surface area contributed by atoms with Gasteiger partial charge in [0, 0.05) is 45.6 Å². The van der Waals surface area contributed by atoms with Gasteiger partial charge in [-0.05, 0) is 74.1 Å². The molecule has 0 spiro atoms. The number of carbonyl (C=O) groups is 3. The number of fused-ring (bicyclic) bond motifs is 1. The molecule has 0 bridgehead atoms. The molecule has 2 saturated heterocycles. The number of ether oxygens (including phenoxy) is 1. The lowest BCUT2D eigenvalue weighted by atomic mass is 9.98. The fraction of sp³-hybridized carbons (Fsp3) is 0.500. The molecule has 0 aromatic heterocycles. The lowest BCUT2D eigenvalue weighted by Crippen LogP contribution is -2.56. The summed E-state index contributed by atoms with van der Waals surface area (Å²) in [7, 11) is 5.49. The van der Waals surface area contributed by atoms with Gasteiger partial charge in [-0.25, -0.2) is 0 Å². The zero-order valence-corrected chi connectivity index (χ0v) is 28.2. The van der Waals surface area contributed by atoms with Gasteiger partial charge in [0.15, 0.2) is 0 Å². The van der Waals surface area contributed by atoms with Crippen LogP contribution in [-0.4, -0.2) is 111 Å². The molecule has 3 aromatic rings.